The topological polar surface area (TPSA) is 59.0 Å². The van der Waals surface area contributed by atoms with Crippen LogP contribution in [0.15, 0.2) is 18.7 Å². The third kappa shape index (κ3) is 5.25. The first kappa shape index (κ1) is 17.2. The quantitative estimate of drug-likeness (QED) is 0.796. The molecular formula is C11H20Cl2N4O. The number of aryl methyl sites for hydroxylation is 1. The van der Waals surface area contributed by atoms with Crippen LogP contribution in [-0.2, 0) is 11.3 Å². The first-order valence-electron chi connectivity index (χ1n) is 5.83. The molecule has 0 spiro atoms. The fraction of sp³-hybridized carbons (Fsp3) is 0.636. The molecule has 2 rings (SSSR count). The zero-order valence-electron chi connectivity index (χ0n) is 10.2. The Bertz CT molecular complexity index is 326. The van der Waals surface area contributed by atoms with Gasteiger partial charge in [-0.25, -0.2) is 4.98 Å². The summed E-state index contributed by atoms with van der Waals surface area (Å²) in [6.07, 6.45) is 8.50. The number of nitrogens with zero attached hydrogens (tertiary/aromatic N) is 2. The molecule has 1 aliphatic rings. The molecular weight excluding hydrogens is 275 g/mol. The Morgan fingerprint density at radius 1 is 1.50 bits per heavy atom. The maximum Gasteiger partial charge on any atom is 0.237 e. The maximum absolute atomic E-state index is 11.6. The molecule has 1 unspecified atom stereocenters. The number of halogens is 2. The number of carbonyl (C=O) groups is 1. The zero-order valence-corrected chi connectivity index (χ0v) is 11.8. The Balaban J connectivity index is 0.00000144. The van der Waals surface area contributed by atoms with Crippen LogP contribution in [0.3, 0.4) is 0 Å². The van der Waals surface area contributed by atoms with E-state index in [-0.39, 0.29) is 36.8 Å². The number of amides is 1. The second-order valence-corrected chi connectivity index (χ2v) is 4.09. The van der Waals surface area contributed by atoms with Gasteiger partial charge in [-0.3, -0.25) is 4.79 Å². The number of hydrogen-bond acceptors (Lipinski definition) is 3. The minimum Gasteiger partial charge on any atom is -0.355 e. The molecule has 0 bridgehead atoms. The average Bonchev–Trinajstić information content (AvgIpc) is 2.96. The van der Waals surface area contributed by atoms with Gasteiger partial charge in [-0.15, -0.1) is 24.8 Å². The number of carbonyl (C=O) groups excluding carboxylic acids is 1. The molecule has 7 heteroatoms. The molecule has 104 valence electrons. The van der Waals surface area contributed by atoms with E-state index in [1.165, 1.54) is 0 Å². The Labute approximate surface area is 120 Å². The molecule has 1 aliphatic heterocycles. The summed E-state index contributed by atoms with van der Waals surface area (Å²) in [6.45, 7) is 2.60. The predicted molar refractivity (Wildman–Crippen MR) is 75.4 cm³/mol. The van der Waals surface area contributed by atoms with Crippen molar-refractivity contribution in [3.8, 4) is 0 Å². The van der Waals surface area contributed by atoms with Crippen LogP contribution in [0.25, 0.3) is 0 Å². The van der Waals surface area contributed by atoms with Crippen LogP contribution in [0.4, 0.5) is 0 Å². The highest BCUT2D eigenvalue weighted by molar-refractivity contribution is 5.85. The highest BCUT2D eigenvalue weighted by atomic mass is 35.5. The minimum atomic E-state index is 0. The summed E-state index contributed by atoms with van der Waals surface area (Å²) in [5.74, 6) is 0.142. The molecule has 0 saturated carbocycles. The Morgan fingerprint density at radius 3 is 2.94 bits per heavy atom. The lowest BCUT2D eigenvalue weighted by Crippen LogP contribution is -2.40. The monoisotopic (exact) mass is 294 g/mol. The number of imidazole rings is 1. The Kier molecular flexibility index (Phi) is 8.79. The van der Waals surface area contributed by atoms with Gasteiger partial charge < -0.3 is 15.2 Å². The van der Waals surface area contributed by atoms with Gasteiger partial charge in [-0.1, -0.05) is 0 Å². The Hall–Kier alpha value is -0.780. The second-order valence-electron chi connectivity index (χ2n) is 4.09. The first-order valence-corrected chi connectivity index (χ1v) is 5.83. The molecule has 2 N–H and O–H groups in total. The van der Waals surface area contributed by atoms with Crippen LogP contribution in [0.2, 0.25) is 0 Å². The van der Waals surface area contributed by atoms with Gasteiger partial charge in [0.15, 0.2) is 0 Å². The molecule has 18 heavy (non-hydrogen) atoms. The van der Waals surface area contributed by atoms with Crippen molar-refractivity contribution in [3.63, 3.8) is 0 Å². The third-order valence-electron chi connectivity index (χ3n) is 2.83. The van der Waals surface area contributed by atoms with Crippen LogP contribution in [0.1, 0.15) is 19.3 Å². The molecule has 1 aromatic rings. The molecule has 1 atom stereocenters. The lowest BCUT2D eigenvalue weighted by Gasteiger charge is -2.10. The third-order valence-corrected chi connectivity index (χ3v) is 2.83. The van der Waals surface area contributed by atoms with E-state index in [1.807, 2.05) is 10.8 Å². The number of hydrogen-bond donors (Lipinski definition) is 2. The summed E-state index contributed by atoms with van der Waals surface area (Å²) in [6, 6.07) is 0.0354. The number of rotatable bonds is 5. The van der Waals surface area contributed by atoms with E-state index in [1.54, 1.807) is 12.5 Å². The van der Waals surface area contributed by atoms with E-state index in [0.717, 1.165) is 38.9 Å². The normalized spacial score (nSPS) is 17.7. The first-order chi connectivity index (χ1) is 7.86. The van der Waals surface area contributed by atoms with E-state index in [4.69, 9.17) is 0 Å². The summed E-state index contributed by atoms with van der Waals surface area (Å²) in [5, 5.41) is 6.14. The largest absolute Gasteiger partial charge is 0.355 e. The molecule has 1 amide bonds. The van der Waals surface area contributed by atoms with Crippen molar-refractivity contribution in [1.82, 2.24) is 20.2 Å². The van der Waals surface area contributed by atoms with Gasteiger partial charge in [0, 0.05) is 25.5 Å². The van der Waals surface area contributed by atoms with Gasteiger partial charge in [0.25, 0.3) is 0 Å². The van der Waals surface area contributed by atoms with Crippen LogP contribution >= 0.6 is 24.8 Å². The summed E-state index contributed by atoms with van der Waals surface area (Å²) in [7, 11) is 0. The van der Waals surface area contributed by atoms with Gasteiger partial charge in [-0.05, 0) is 25.8 Å². The molecule has 0 aromatic carbocycles. The van der Waals surface area contributed by atoms with Gasteiger partial charge >= 0.3 is 0 Å². The molecule has 5 nitrogen and oxygen atoms in total. The van der Waals surface area contributed by atoms with Gasteiger partial charge in [0.2, 0.25) is 5.91 Å². The summed E-state index contributed by atoms with van der Waals surface area (Å²) >= 11 is 0. The van der Waals surface area contributed by atoms with Gasteiger partial charge in [0.1, 0.15) is 0 Å². The van der Waals surface area contributed by atoms with Crippen molar-refractivity contribution in [2.75, 3.05) is 13.1 Å². The number of aromatic nitrogens is 2. The summed E-state index contributed by atoms with van der Waals surface area (Å²) < 4.78 is 2.01. The molecule has 2 heterocycles. The van der Waals surface area contributed by atoms with Crippen LogP contribution < -0.4 is 10.6 Å². The van der Waals surface area contributed by atoms with Gasteiger partial charge in [0.05, 0.1) is 12.4 Å². The second kappa shape index (κ2) is 9.19. The Morgan fingerprint density at radius 2 is 2.33 bits per heavy atom. The number of nitrogens with one attached hydrogen (secondary N) is 2. The fourth-order valence-electron chi connectivity index (χ4n) is 1.92. The van der Waals surface area contributed by atoms with Crippen molar-refractivity contribution in [3.05, 3.63) is 18.7 Å². The maximum atomic E-state index is 11.6. The zero-order chi connectivity index (χ0) is 11.2. The minimum absolute atomic E-state index is 0. The average molecular weight is 295 g/mol. The smallest absolute Gasteiger partial charge is 0.237 e. The van der Waals surface area contributed by atoms with Crippen LogP contribution in [-0.4, -0.2) is 34.6 Å². The lowest BCUT2D eigenvalue weighted by atomic mass is 10.2. The van der Waals surface area contributed by atoms with Crippen molar-refractivity contribution in [2.45, 2.75) is 31.8 Å². The standard InChI is InChI=1S/C11H18N4O.2ClH/c16-11(10-3-1-4-13-10)14-5-2-7-15-8-6-12-9-15;;/h6,8-10,13H,1-5,7H2,(H,14,16);2*1H. The van der Waals surface area contributed by atoms with E-state index in [0.29, 0.717) is 0 Å². The molecule has 0 aliphatic carbocycles. The van der Waals surface area contributed by atoms with Gasteiger partial charge in [-0.2, -0.15) is 0 Å². The summed E-state index contributed by atoms with van der Waals surface area (Å²) in [4.78, 5) is 15.6. The molecule has 0 radical (unpaired) electrons. The predicted octanol–water partition coefficient (Wildman–Crippen LogP) is 0.985. The molecule has 1 saturated heterocycles. The van der Waals surface area contributed by atoms with Crippen molar-refractivity contribution in [2.24, 2.45) is 0 Å². The highest BCUT2D eigenvalue weighted by Crippen LogP contribution is 2.04. The SMILES string of the molecule is Cl.Cl.O=C(NCCCn1ccnc1)C1CCCN1. The van der Waals surface area contributed by atoms with Crippen LogP contribution in [0, 0.1) is 0 Å². The van der Waals surface area contributed by atoms with E-state index in [9.17, 15) is 4.79 Å². The molecule has 1 fully saturated rings. The van der Waals surface area contributed by atoms with E-state index in [2.05, 4.69) is 15.6 Å². The van der Waals surface area contributed by atoms with Crippen molar-refractivity contribution in [1.29, 1.82) is 0 Å². The molecule has 1 aromatic heterocycles. The van der Waals surface area contributed by atoms with Crippen molar-refractivity contribution >= 4 is 30.7 Å². The lowest BCUT2D eigenvalue weighted by molar-refractivity contribution is -0.122. The summed E-state index contributed by atoms with van der Waals surface area (Å²) in [5.41, 5.74) is 0. The van der Waals surface area contributed by atoms with Crippen LogP contribution in [0.5, 0.6) is 0 Å². The van der Waals surface area contributed by atoms with E-state index >= 15 is 0 Å². The highest BCUT2D eigenvalue weighted by Gasteiger charge is 2.20. The fourth-order valence-corrected chi connectivity index (χ4v) is 1.92. The van der Waals surface area contributed by atoms with Crippen molar-refractivity contribution < 1.29 is 4.79 Å². The van der Waals surface area contributed by atoms with E-state index < -0.39 is 0 Å².